The van der Waals surface area contributed by atoms with E-state index in [1.54, 1.807) is 22.5 Å². The molecule has 1 aliphatic heterocycles. The molecular weight excluding hydrogens is 428 g/mol. The van der Waals surface area contributed by atoms with Crippen LogP contribution in [0.4, 0.5) is 8.78 Å². The van der Waals surface area contributed by atoms with Crippen LogP contribution in [0, 0.1) is 11.6 Å². The zero-order valence-electron chi connectivity index (χ0n) is 16.5. The number of epoxide rings is 1. The summed E-state index contributed by atoms with van der Waals surface area (Å²) in [6.07, 6.45) is 4.42. The lowest BCUT2D eigenvalue weighted by Crippen LogP contribution is -2.22. The number of unbranched alkanes of at least 4 members (excludes halogenated alkanes) is 2. The first-order valence-corrected chi connectivity index (χ1v) is 11.3. The van der Waals surface area contributed by atoms with Gasteiger partial charge in [-0.2, -0.15) is 5.10 Å². The first kappa shape index (κ1) is 21.3. The van der Waals surface area contributed by atoms with E-state index < -0.39 is 23.3 Å². The molecule has 0 saturated carbocycles. The standard InChI is InChI=1S/C22H22ClF2N3OS/c1-2-3-6-11-30-21-26-14-27-28(21)13-22(17-10-9-15(24)12-19(17)25)20(29-22)16-7-4-5-8-18(16)23/h4-5,7-10,12,14,20H,2-3,6,11,13H2,1H3. The highest BCUT2D eigenvalue weighted by molar-refractivity contribution is 7.99. The van der Waals surface area contributed by atoms with Crippen molar-refractivity contribution in [3.63, 3.8) is 0 Å². The topological polar surface area (TPSA) is 43.2 Å². The molecular formula is C22H22ClF2N3OS. The monoisotopic (exact) mass is 449 g/mol. The quantitative estimate of drug-likeness (QED) is 0.223. The zero-order valence-corrected chi connectivity index (χ0v) is 18.1. The Hall–Kier alpha value is -1.96. The molecule has 1 aliphatic rings. The minimum Gasteiger partial charge on any atom is -0.354 e. The van der Waals surface area contributed by atoms with E-state index in [9.17, 15) is 8.78 Å². The fraction of sp³-hybridized carbons (Fsp3) is 0.364. The maximum atomic E-state index is 14.8. The first-order chi connectivity index (χ1) is 14.5. The van der Waals surface area contributed by atoms with Crippen LogP contribution in [0.1, 0.15) is 43.4 Å². The Bertz CT molecular complexity index is 1030. The fourth-order valence-electron chi connectivity index (χ4n) is 3.63. The van der Waals surface area contributed by atoms with Crippen LogP contribution >= 0.6 is 23.4 Å². The van der Waals surface area contributed by atoms with Crippen molar-refractivity contribution in [2.24, 2.45) is 0 Å². The summed E-state index contributed by atoms with van der Waals surface area (Å²) in [6, 6.07) is 10.9. The summed E-state index contributed by atoms with van der Waals surface area (Å²) in [4.78, 5) is 4.35. The molecule has 2 atom stereocenters. The van der Waals surface area contributed by atoms with Crippen LogP contribution in [0.25, 0.3) is 0 Å². The predicted molar refractivity (Wildman–Crippen MR) is 114 cm³/mol. The van der Waals surface area contributed by atoms with Crippen LogP contribution in [0.3, 0.4) is 0 Å². The predicted octanol–water partition coefficient (Wildman–Crippen LogP) is 6.16. The van der Waals surface area contributed by atoms with Crippen molar-refractivity contribution in [3.8, 4) is 0 Å². The Morgan fingerprint density at radius 1 is 1.20 bits per heavy atom. The highest BCUT2D eigenvalue weighted by atomic mass is 35.5. The number of benzene rings is 2. The van der Waals surface area contributed by atoms with E-state index in [0.717, 1.165) is 41.8 Å². The molecule has 0 radical (unpaired) electrons. The third-order valence-electron chi connectivity index (χ3n) is 5.21. The third-order valence-corrected chi connectivity index (χ3v) is 6.62. The average molecular weight is 450 g/mol. The fourth-order valence-corrected chi connectivity index (χ4v) is 4.78. The molecule has 2 heterocycles. The second kappa shape index (κ2) is 9.04. The second-order valence-corrected chi connectivity index (χ2v) is 8.76. The number of aromatic nitrogens is 3. The van der Waals surface area contributed by atoms with Crippen molar-refractivity contribution in [2.75, 3.05) is 5.75 Å². The van der Waals surface area contributed by atoms with Crippen molar-refractivity contribution >= 4 is 23.4 Å². The van der Waals surface area contributed by atoms with Gasteiger partial charge in [0.05, 0.1) is 6.54 Å². The molecule has 2 aromatic carbocycles. The number of hydrogen-bond acceptors (Lipinski definition) is 4. The summed E-state index contributed by atoms with van der Waals surface area (Å²) in [5.41, 5.74) is 0.0151. The number of ether oxygens (including phenoxy) is 1. The molecule has 158 valence electrons. The van der Waals surface area contributed by atoms with Gasteiger partial charge in [0.15, 0.2) is 5.16 Å². The van der Waals surface area contributed by atoms with Gasteiger partial charge in [-0.3, -0.25) is 0 Å². The second-order valence-electron chi connectivity index (χ2n) is 7.29. The van der Waals surface area contributed by atoms with Gasteiger partial charge in [-0.05, 0) is 18.6 Å². The highest BCUT2D eigenvalue weighted by Gasteiger charge is 2.61. The molecule has 0 amide bonds. The molecule has 1 saturated heterocycles. The third kappa shape index (κ3) is 4.24. The lowest BCUT2D eigenvalue weighted by atomic mass is 9.91. The van der Waals surface area contributed by atoms with Crippen molar-refractivity contribution < 1.29 is 13.5 Å². The van der Waals surface area contributed by atoms with E-state index in [2.05, 4.69) is 17.0 Å². The van der Waals surface area contributed by atoms with E-state index >= 15 is 0 Å². The SMILES string of the molecule is CCCCCSc1ncnn1CC1(c2ccc(F)cc2F)OC1c1ccccc1Cl. The van der Waals surface area contributed by atoms with E-state index in [1.807, 2.05) is 18.2 Å². The van der Waals surface area contributed by atoms with Crippen LogP contribution in [-0.4, -0.2) is 20.5 Å². The molecule has 3 aromatic rings. The van der Waals surface area contributed by atoms with Gasteiger partial charge in [-0.15, -0.1) is 0 Å². The van der Waals surface area contributed by atoms with Crippen molar-refractivity contribution in [1.29, 1.82) is 0 Å². The Kier molecular flexibility index (Phi) is 6.41. The Morgan fingerprint density at radius 3 is 2.80 bits per heavy atom. The molecule has 4 nitrogen and oxygen atoms in total. The molecule has 0 bridgehead atoms. The minimum absolute atomic E-state index is 0.252. The van der Waals surface area contributed by atoms with Crippen LogP contribution in [0.5, 0.6) is 0 Å². The van der Waals surface area contributed by atoms with Crippen LogP contribution in [-0.2, 0) is 16.9 Å². The smallest absolute Gasteiger partial charge is 0.186 e. The van der Waals surface area contributed by atoms with Gasteiger partial charge >= 0.3 is 0 Å². The average Bonchev–Trinajstić information content (AvgIpc) is 3.26. The van der Waals surface area contributed by atoms with Gasteiger partial charge in [0.1, 0.15) is 29.7 Å². The summed E-state index contributed by atoms with van der Waals surface area (Å²) in [6.45, 7) is 2.41. The van der Waals surface area contributed by atoms with Gasteiger partial charge in [-0.1, -0.05) is 67.4 Å². The van der Waals surface area contributed by atoms with Crippen LogP contribution < -0.4 is 0 Å². The van der Waals surface area contributed by atoms with Crippen molar-refractivity contribution in [1.82, 2.24) is 14.8 Å². The molecule has 4 rings (SSSR count). The number of rotatable bonds is 9. The zero-order chi connectivity index (χ0) is 21.1. The Labute approximate surface area is 183 Å². The number of thioether (sulfide) groups is 1. The van der Waals surface area contributed by atoms with Gasteiger partial charge in [0.25, 0.3) is 0 Å². The van der Waals surface area contributed by atoms with Gasteiger partial charge in [0, 0.05) is 28.0 Å². The lowest BCUT2D eigenvalue weighted by molar-refractivity contribution is 0.250. The van der Waals surface area contributed by atoms with E-state index in [0.29, 0.717) is 5.02 Å². The maximum absolute atomic E-state index is 14.8. The Balaban J connectivity index is 1.65. The molecule has 30 heavy (non-hydrogen) atoms. The summed E-state index contributed by atoms with van der Waals surface area (Å²) < 4.78 is 36.2. The molecule has 2 unspecified atom stereocenters. The molecule has 0 spiro atoms. The molecule has 1 aromatic heterocycles. The molecule has 8 heteroatoms. The largest absolute Gasteiger partial charge is 0.354 e. The van der Waals surface area contributed by atoms with Crippen LogP contribution in [0.15, 0.2) is 53.9 Å². The van der Waals surface area contributed by atoms with E-state index in [1.165, 1.54) is 18.5 Å². The highest BCUT2D eigenvalue weighted by Crippen LogP contribution is 2.59. The molecule has 0 aliphatic carbocycles. The van der Waals surface area contributed by atoms with Gasteiger partial charge in [-0.25, -0.2) is 18.4 Å². The summed E-state index contributed by atoms with van der Waals surface area (Å²) in [5, 5.41) is 5.63. The normalized spacial score (nSPS) is 20.5. The van der Waals surface area contributed by atoms with Crippen molar-refractivity contribution in [3.05, 3.63) is 76.6 Å². The van der Waals surface area contributed by atoms with Gasteiger partial charge in [0.2, 0.25) is 0 Å². The van der Waals surface area contributed by atoms with E-state index in [4.69, 9.17) is 16.3 Å². The summed E-state index contributed by atoms with van der Waals surface area (Å²) in [5.74, 6) is -0.352. The van der Waals surface area contributed by atoms with Crippen molar-refractivity contribution in [2.45, 2.75) is 49.6 Å². The summed E-state index contributed by atoms with van der Waals surface area (Å²) in [7, 11) is 0. The van der Waals surface area contributed by atoms with Crippen LogP contribution in [0.2, 0.25) is 5.02 Å². The number of hydrogen-bond donors (Lipinski definition) is 0. The number of nitrogens with zero attached hydrogens (tertiary/aromatic N) is 3. The Morgan fingerprint density at radius 2 is 2.03 bits per heavy atom. The van der Waals surface area contributed by atoms with Gasteiger partial charge < -0.3 is 4.74 Å². The summed E-state index contributed by atoms with van der Waals surface area (Å²) >= 11 is 8.00. The lowest BCUT2D eigenvalue weighted by Gasteiger charge is -2.16. The molecule has 0 N–H and O–H groups in total. The van der Waals surface area contributed by atoms with E-state index in [-0.39, 0.29) is 12.1 Å². The minimum atomic E-state index is -1.03. The number of halogens is 3. The molecule has 1 fully saturated rings. The first-order valence-electron chi connectivity index (χ1n) is 9.93. The maximum Gasteiger partial charge on any atom is 0.186 e.